The van der Waals surface area contributed by atoms with Gasteiger partial charge in [-0.05, 0) is 8.09 Å². The smallest absolute Gasteiger partial charge is 0.282 e. The third-order valence-electron chi connectivity index (χ3n) is 0.734. The lowest BCUT2D eigenvalue weighted by atomic mass is 10.8. The van der Waals surface area contributed by atoms with Gasteiger partial charge in [0.05, 0.1) is 0 Å². The summed E-state index contributed by atoms with van der Waals surface area (Å²) in [7, 11) is -3.89. The van der Waals surface area contributed by atoms with Crippen LogP contribution in [0, 0.1) is 0 Å². The van der Waals surface area contributed by atoms with Gasteiger partial charge in [0.1, 0.15) is 4.91 Å². The second-order valence-electron chi connectivity index (χ2n) is 1.43. The second-order valence-corrected chi connectivity index (χ2v) is 9.16. The third-order valence-corrected chi connectivity index (χ3v) is 8.66. The Labute approximate surface area is 78.8 Å². The van der Waals surface area contributed by atoms with E-state index in [0.29, 0.717) is 0 Å². The largest absolute Gasteiger partial charge is 0.295 e. The highest BCUT2D eigenvalue weighted by Gasteiger charge is 2.10. The van der Waals surface area contributed by atoms with Gasteiger partial charge in [-0.2, -0.15) is 8.42 Å². The number of halogens is 2. The first-order valence-electron chi connectivity index (χ1n) is 2.17. The Morgan fingerprint density at radius 2 is 2.10 bits per heavy atom. The highest BCUT2D eigenvalue weighted by atomic mass is 127. The average molecular weight is 386 g/mol. The molecule has 6 heteroatoms. The van der Waals surface area contributed by atoms with Crippen LogP contribution in [0.15, 0.2) is 8.99 Å². The molecule has 1 rings (SSSR count). The summed E-state index contributed by atoms with van der Waals surface area (Å²) in [4.78, 5) is 0.135. The molecule has 0 aliphatic carbocycles. The predicted octanol–water partition coefficient (Wildman–Crippen LogP) is 1.23. The van der Waals surface area contributed by atoms with E-state index in [4.69, 9.17) is 4.55 Å². The molecule has 1 aliphatic heterocycles. The summed E-state index contributed by atoms with van der Waals surface area (Å²) < 4.78 is 34.9. The third kappa shape index (κ3) is 2.47. The Morgan fingerprint density at radius 1 is 1.40 bits per heavy atom. The molecule has 0 unspecified atom stereocenters. The zero-order valence-corrected chi connectivity index (χ0v) is 9.79. The molecule has 3 nitrogen and oxygen atoms in total. The van der Waals surface area contributed by atoms with Gasteiger partial charge in [0, 0.05) is 2.02 Å². The first kappa shape index (κ1) is 8.94. The van der Waals surface area contributed by atoms with Crippen molar-refractivity contribution in [1.29, 1.82) is 0 Å². The maximum absolute atomic E-state index is 10.5. The Kier molecular flexibility index (Phi) is 3.13. The summed E-state index contributed by atoms with van der Waals surface area (Å²) in [6.45, 7) is 0. The number of hydrogen-bond donors (Lipinski definition) is 1. The van der Waals surface area contributed by atoms with Gasteiger partial charge in [0.2, 0.25) is 0 Å². The molecule has 0 radical (unpaired) electrons. The summed E-state index contributed by atoms with van der Waals surface area (Å²) in [5, 5.41) is 0. The van der Waals surface area contributed by atoms with Crippen LogP contribution in [-0.4, -0.2) is 19.0 Å². The fourth-order valence-electron chi connectivity index (χ4n) is 0.336. The van der Waals surface area contributed by atoms with Crippen molar-refractivity contribution >= 4 is 57.6 Å². The molecule has 0 amide bonds. The fourth-order valence-corrected chi connectivity index (χ4v) is 8.24. The van der Waals surface area contributed by atoms with Crippen molar-refractivity contribution in [1.82, 2.24) is 0 Å². The van der Waals surface area contributed by atoms with E-state index in [1.807, 2.05) is 0 Å². The summed E-state index contributed by atoms with van der Waals surface area (Å²) in [5.41, 5.74) is 0. The van der Waals surface area contributed by atoms with Gasteiger partial charge in [-0.25, -0.2) is 0 Å². The van der Waals surface area contributed by atoms with Crippen molar-refractivity contribution in [2.75, 3.05) is 0 Å². The van der Waals surface area contributed by atoms with Crippen LogP contribution in [0.5, 0.6) is 0 Å². The van der Waals surface area contributed by atoms with E-state index < -0.39 is 10.1 Å². The molecule has 10 heavy (non-hydrogen) atoms. The second kappa shape index (κ2) is 3.50. The zero-order chi connectivity index (χ0) is 7.61. The molecular weight excluding hydrogens is 382 g/mol. The highest BCUT2D eigenvalue weighted by Crippen LogP contribution is 2.17. The minimum atomic E-state index is -3.89. The number of rotatable bonds is 1. The molecule has 1 N–H and O–H groups in total. The van der Waals surface area contributed by atoms with E-state index >= 15 is 0 Å². The lowest BCUT2D eigenvalue weighted by molar-refractivity contribution is 0.493. The van der Waals surface area contributed by atoms with Crippen molar-refractivity contribution in [3.8, 4) is 0 Å². The minimum absolute atomic E-state index is 0.135. The van der Waals surface area contributed by atoms with Gasteiger partial charge in [-0.15, -0.1) is 0 Å². The number of allylic oxidation sites excluding steroid dienone is 1. The topological polar surface area (TPSA) is 54.4 Å². The van der Waals surface area contributed by atoms with Crippen LogP contribution < -0.4 is 0 Å². The summed E-state index contributed by atoms with van der Waals surface area (Å²) in [5.74, 6) is 0. The lowest BCUT2D eigenvalue weighted by Gasteiger charge is -1.95. The van der Waals surface area contributed by atoms with Crippen LogP contribution >= 0.6 is 41.5 Å². The normalized spacial score (nSPS) is 18.7. The van der Waals surface area contributed by atoms with Gasteiger partial charge in [0.15, 0.2) is 0 Å². The van der Waals surface area contributed by atoms with Gasteiger partial charge < -0.3 is 0 Å². The van der Waals surface area contributed by atoms with Crippen LogP contribution in [0.3, 0.4) is 0 Å². The SMILES string of the molecule is O=S(=O)(O)C1=CI=CI=C1. The maximum Gasteiger partial charge on any atom is 0.295 e. The van der Waals surface area contributed by atoms with E-state index in [0.717, 1.165) is 0 Å². The Bertz CT molecular complexity index is 311. The van der Waals surface area contributed by atoms with Crippen molar-refractivity contribution in [2.45, 2.75) is 0 Å². The maximum atomic E-state index is 10.5. The quantitative estimate of drug-likeness (QED) is 0.545. The van der Waals surface area contributed by atoms with Crippen LogP contribution in [0.4, 0.5) is 0 Å². The molecule has 1 aliphatic rings. The van der Waals surface area contributed by atoms with Gasteiger partial charge in [-0.3, -0.25) is 4.55 Å². The van der Waals surface area contributed by atoms with Crippen molar-refractivity contribution in [2.24, 2.45) is 0 Å². The van der Waals surface area contributed by atoms with Crippen molar-refractivity contribution in [3.63, 3.8) is 0 Å². The molecule has 0 saturated heterocycles. The van der Waals surface area contributed by atoms with Crippen LogP contribution in [0.25, 0.3) is 0 Å². The molecule has 58 valence electrons. The van der Waals surface area contributed by atoms with Crippen LogP contribution in [0.2, 0.25) is 0 Å². The Balaban J connectivity index is 3.08. The minimum Gasteiger partial charge on any atom is -0.282 e. The molecule has 0 aromatic carbocycles. The van der Waals surface area contributed by atoms with Crippen molar-refractivity contribution < 1.29 is 13.0 Å². The average Bonchev–Trinajstić information content (AvgIpc) is 1.88. The van der Waals surface area contributed by atoms with E-state index in [-0.39, 0.29) is 46.4 Å². The molecule has 0 fully saturated rings. The summed E-state index contributed by atoms with van der Waals surface area (Å²) >= 11 is -0.400. The van der Waals surface area contributed by atoms with E-state index in [1.165, 1.54) is 0 Å². The molecule has 0 bridgehead atoms. The molecule has 0 aromatic heterocycles. The molecule has 0 aromatic rings. The Morgan fingerprint density at radius 3 is 2.40 bits per heavy atom. The molecule has 0 atom stereocenters. The van der Waals surface area contributed by atoms with E-state index in [1.54, 1.807) is 8.09 Å². The van der Waals surface area contributed by atoms with Crippen LogP contribution in [-0.2, 0) is 10.1 Å². The predicted molar refractivity (Wildman–Crippen MR) is 59.8 cm³/mol. The van der Waals surface area contributed by atoms with E-state index in [2.05, 4.69) is 2.02 Å². The van der Waals surface area contributed by atoms with Gasteiger partial charge in [-0.1, -0.05) is 41.5 Å². The van der Waals surface area contributed by atoms with Gasteiger partial charge in [0.25, 0.3) is 10.1 Å². The summed E-state index contributed by atoms with van der Waals surface area (Å²) in [6.07, 6.45) is 0. The fraction of sp³-hybridized carbons (Fsp3) is 0. The first-order valence-corrected chi connectivity index (χ1v) is 8.59. The molecule has 0 saturated carbocycles. The van der Waals surface area contributed by atoms with Crippen molar-refractivity contribution in [3.05, 3.63) is 8.99 Å². The van der Waals surface area contributed by atoms with Crippen LogP contribution in [0.1, 0.15) is 0 Å². The van der Waals surface area contributed by atoms with Gasteiger partial charge >= 0.3 is 0 Å². The number of hydrogen-bond acceptors (Lipinski definition) is 2. The molecular formula is C4H4I2O3S. The molecule has 0 spiro atoms. The monoisotopic (exact) mass is 386 g/mol. The highest BCUT2D eigenvalue weighted by molar-refractivity contribution is 14.3. The Hall–Kier alpha value is 0.850. The first-order chi connectivity index (χ1) is 4.61. The zero-order valence-electron chi connectivity index (χ0n) is 4.66. The molecule has 1 heterocycles. The summed E-state index contributed by atoms with van der Waals surface area (Å²) in [6, 6.07) is 0. The lowest BCUT2D eigenvalue weighted by Crippen LogP contribution is -2.01. The van der Waals surface area contributed by atoms with E-state index in [9.17, 15) is 8.42 Å². The standard InChI is InChI=1S/C4H4I2O3S/c7-10(8,9)4-1-5-3-6-2-4/h1-3H,(H,7,8,9).